The van der Waals surface area contributed by atoms with Crippen LogP contribution in [0.5, 0.6) is 0 Å². The number of nitrogens with zero attached hydrogens (tertiary/aromatic N) is 1. The highest BCUT2D eigenvalue weighted by Crippen LogP contribution is 2.29. The zero-order valence-corrected chi connectivity index (χ0v) is 13.6. The van der Waals surface area contributed by atoms with Crippen molar-refractivity contribution in [3.63, 3.8) is 0 Å². The van der Waals surface area contributed by atoms with Crippen LogP contribution >= 0.6 is 0 Å². The van der Waals surface area contributed by atoms with E-state index in [9.17, 15) is 0 Å². The van der Waals surface area contributed by atoms with E-state index in [2.05, 4.69) is 58.8 Å². The Hall–Kier alpha value is -0.0800. The summed E-state index contributed by atoms with van der Waals surface area (Å²) in [6.45, 7) is 16.6. The predicted octanol–water partition coefficient (Wildman–Crippen LogP) is 3.52. The lowest BCUT2D eigenvalue weighted by atomic mass is 9.80. The van der Waals surface area contributed by atoms with E-state index < -0.39 is 0 Å². The van der Waals surface area contributed by atoms with E-state index in [0.717, 1.165) is 5.92 Å². The van der Waals surface area contributed by atoms with Crippen LogP contribution in [0.25, 0.3) is 0 Å². The summed E-state index contributed by atoms with van der Waals surface area (Å²) in [7, 11) is 2.23. The lowest BCUT2D eigenvalue weighted by molar-refractivity contribution is 0.154. The summed E-state index contributed by atoms with van der Waals surface area (Å²) in [5.41, 5.74) is 0.629. The summed E-state index contributed by atoms with van der Waals surface area (Å²) >= 11 is 0. The lowest BCUT2D eigenvalue weighted by Gasteiger charge is -2.40. The molecule has 1 heterocycles. The van der Waals surface area contributed by atoms with Gasteiger partial charge >= 0.3 is 0 Å². The van der Waals surface area contributed by atoms with Gasteiger partial charge in [0, 0.05) is 11.6 Å². The molecule has 0 radical (unpaired) electrons. The van der Waals surface area contributed by atoms with E-state index >= 15 is 0 Å². The molecule has 0 amide bonds. The fourth-order valence-electron chi connectivity index (χ4n) is 3.64. The molecule has 1 rings (SSSR count). The number of likely N-dealkylation sites (tertiary alicyclic amines) is 1. The van der Waals surface area contributed by atoms with Crippen LogP contribution in [-0.4, -0.2) is 36.6 Å². The fourth-order valence-corrected chi connectivity index (χ4v) is 3.64. The third-order valence-electron chi connectivity index (χ3n) is 4.06. The Balaban J connectivity index is 2.45. The van der Waals surface area contributed by atoms with Crippen LogP contribution in [0.15, 0.2) is 0 Å². The molecular weight excluding hydrogens is 220 g/mol. The first-order valence-corrected chi connectivity index (χ1v) is 7.55. The Kier molecular flexibility index (Phi) is 5.25. The van der Waals surface area contributed by atoms with Gasteiger partial charge in [0.1, 0.15) is 0 Å². The van der Waals surface area contributed by atoms with Crippen molar-refractivity contribution in [1.82, 2.24) is 10.2 Å². The molecule has 0 aromatic carbocycles. The second kappa shape index (κ2) is 5.92. The number of hydrogen-bond acceptors (Lipinski definition) is 2. The molecule has 1 aliphatic heterocycles. The first-order valence-electron chi connectivity index (χ1n) is 7.55. The van der Waals surface area contributed by atoms with Crippen molar-refractivity contribution in [2.75, 3.05) is 20.1 Å². The summed E-state index contributed by atoms with van der Waals surface area (Å²) in [5, 5.41) is 3.88. The minimum Gasteiger partial charge on any atom is -0.309 e. The van der Waals surface area contributed by atoms with Gasteiger partial charge in [0.05, 0.1) is 0 Å². The van der Waals surface area contributed by atoms with Gasteiger partial charge in [0.25, 0.3) is 0 Å². The highest BCUT2D eigenvalue weighted by Gasteiger charge is 2.30. The standard InChI is InChI=1S/C16H34N2/c1-13(14-8-10-18(7)11-9-14)17-16(5,6)12-15(2,3)4/h13-14,17H,8-12H2,1-7H3. The number of hydrogen-bond donors (Lipinski definition) is 1. The van der Waals surface area contributed by atoms with E-state index in [0.29, 0.717) is 11.5 Å². The van der Waals surface area contributed by atoms with E-state index in [1.165, 1.54) is 32.4 Å². The zero-order valence-electron chi connectivity index (χ0n) is 13.6. The van der Waals surface area contributed by atoms with Gasteiger partial charge in [-0.05, 0) is 71.5 Å². The number of rotatable bonds is 4. The minimum atomic E-state index is 0.237. The first-order chi connectivity index (χ1) is 8.09. The third-order valence-corrected chi connectivity index (χ3v) is 4.06. The molecule has 2 nitrogen and oxygen atoms in total. The zero-order chi connectivity index (χ0) is 14.0. The molecule has 1 atom stereocenters. The van der Waals surface area contributed by atoms with Crippen LogP contribution in [0.1, 0.15) is 60.8 Å². The van der Waals surface area contributed by atoms with Gasteiger partial charge in [-0.3, -0.25) is 0 Å². The first kappa shape index (κ1) is 16.0. The van der Waals surface area contributed by atoms with E-state index in [-0.39, 0.29) is 5.54 Å². The van der Waals surface area contributed by atoms with Crippen molar-refractivity contribution >= 4 is 0 Å². The topological polar surface area (TPSA) is 15.3 Å². The fraction of sp³-hybridized carbons (Fsp3) is 1.00. The highest BCUT2D eigenvalue weighted by molar-refractivity contribution is 4.88. The molecule has 2 heteroatoms. The summed E-state index contributed by atoms with van der Waals surface area (Å²) in [5.74, 6) is 0.848. The van der Waals surface area contributed by atoms with Crippen LogP contribution in [-0.2, 0) is 0 Å². The maximum Gasteiger partial charge on any atom is 0.0132 e. The molecule has 0 aliphatic carbocycles. The summed E-state index contributed by atoms with van der Waals surface area (Å²) in [6.07, 6.45) is 3.91. The molecule has 0 aromatic rings. The Morgan fingerprint density at radius 2 is 1.61 bits per heavy atom. The van der Waals surface area contributed by atoms with E-state index in [1.807, 2.05) is 0 Å². The van der Waals surface area contributed by atoms with Gasteiger partial charge in [-0.25, -0.2) is 0 Å². The molecule has 0 saturated carbocycles. The molecule has 0 aromatic heterocycles. The van der Waals surface area contributed by atoms with Crippen molar-refractivity contribution in [2.45, 2.75) is 72.4 Å². The van der Waals surface area contributed by atoms with Crippen molar-refractivity contribution < 1.29 is 0 Å². The van der Waals surface area contributed by atoms with Gasteiger partial charge in [-0.15, -0.1) is 0 Å². The largest absolute Gasteiger partial charge is 0.309 e. The van der Waals surface area contributed by atoms with Crippen LogP contribution < -0.4 is 5.32 Å². The Labute approximate surface area is 115 Å². The monoisotopic (exact) mass is 254 g/mol. The Morgan fingerprint density at radius 3 is 2.06 bits per heavy atom. The molecule has 18 heavy (non-hydrogen) atoms. The highest BCUT2D eigenvalue weighted by atomic mass is 15.1. The second-order valence-corrected chi connectivity index (χ2v) is 8.20. The molecular formula is C16H34N2. The Bertz CT molecular complexity index is 244. The quantitative estimate of drug-likeness (QED) is 0.826. The number of nitrogens with one attached hydrogen (secondary N) is 1. The van der Waals surface area contributed by atoms with Gasteiger partial charge < -0.3 is 10.2 Å². The second-order valence-electron chi connectivity index (χ2n) is 8.20. The minimum absolute atomic E-state index is 0.237. The van der Waals surface area contributed by atoms with Crippen molar-refractivity contribution in [3.05, 3.63) is 0 Å². The summed E-state index contributed by atoms with van der Waals surface area (Å²) < 4.78 is 0. The molecule has 108 valence electrons. The maximum atomic E-state index is 3.88. The predicted molar refractivity (Wildman–Crippen MR) is 81.0 cm³/mol. The molecule has 1 saturated heterocycles. The van der Waals surface area contributed by atoms with Crippen LogP contribution in [0.2, 0.25) is 0 Å². The average Bonchev–Trinajstić information content (AvgIpc) is 2.13. The molecule has 0 spiro atoms. The van der Waals surface area contributed by atoms with Gasteiger partial charge in [0.2, 0.25) is 0 Å². The average molecular weight is 254 g/mol. The normalized spacial score (nSPS) is 22.2. The SMILES string of the molecule is CC(NC(C)(C)CC(C)(C)C)C1CCN(C)CC1. The van der Waals surface area contributed by atoms with Crippen LogP contribution in [0.3, 0.4) is 0 Å². The maximum absolute atomic E-state index is 3.88. The van der Waals surface area contributed by atoms with Gasteiger partial charge in [0.15, 0.2) is 0 Å². The van der Waals surface area contributed by atoms with Crippen molar-refractivity contribution in [1.29, 1.82) is 0 Å². The lowest BCUT2D eigenvalue weighted by Crippen LogP contribution is -2.51. The molecule has 1 unspecified atom stereocenters. The van der Waals surface area contributed by atoms with Crippen LogP contribution in [0, 0.1) is 11.3 Å². The number of piperidine rings is 1. The summed E-state index contributed by atoms with van der Waals surface area (Å²) in [6, 6.07) is 0.635. The van der Waals surface area contributed by atoms with Crippen molar-refractivity contribution in [2.24, 2.45) is 11.3 Å². The Morgan fingerprint density at radius 1 is 1.11 bits per heavy atom. The van der Waals surface area contributed by atoms with Crippen LogP contribution in [0.4, 0.5) is 0 Å². The smallest absolute Gasteiger partial charge is 0.0132 e. The third kappa shape index (κ3) is 5.71. The van der Waals surface area contributed by atoms with E-state index in [4.69, 9.17) is 0 Å². The molecule has 1 aliphatic rings. The summed E-state index contributed by atoms with van der Waals surface area (Å²) in [4.78, 5) is 2.45. The van der Waals surface area contributed by atoms with E-state index in [1.54, 1.807) is 0 Å². The van der Waals surface area contributed by atoms with Crippen molar-refractivity contribution in [3.8, 4) is 0 Å². The molecule has 1 fully saturated rings. The molecule has 1 N–H and O–H groups in total. The van der Waals surface area contributed by atoms with Gasteiger partial charge in [-0.2, -0.15) is 0 Å². The molecule has 0 bridgehead atoms. The van der Waals surface area contributed by atoms with Gasteiger partial charge in [-0.1, -0.05) is 20.8 Å².